The van der Waals surface area contributed by atoms with E-state index in [0.717, 1.165) is 25.5 Å². The van der Waals surface area contributed by atoms with E-state index in [1.165, 1.54) is 6.07 Å². The quantitative estimate of drug-likeness (QED) is 0.437. The van der Waals surface area contributed by atoms with Gasteiger partial charge in [0.05, 0.1) is 11.3 Å². The number of para-hydroxylation sites is 1. The van der Waals surface area contributed by atoms with E-state index in [1.807, 2.05) is 31.9 Å². The van der Waals surface area contributed by atoms with E-state index in [-0.39, 0.29) is 11.4 Å². The van der Waals surface area contributed by atoms with E-state index in [0.29, 0.717) is 12.2 Å². The first-order valence-corrected chi connectivity index (χ1v) is 7.85. The highest BCUT2D eigenvalue weighted by Gasteiger charge is 2.16. The summed E-state index contributed by atoms with van der Waals surface area (Å²) in [5.41, 5.74) is 0.375. The van der Waals surface area contributed by atoms with Crippen LogP contribution in [0, 0.1) is 5.82 Å². The molecule has 0 spiro atoms. The van der Waals surface area contributed by atoms with Crippen molar-refractivity contribution in [3.63, 3.8) is 0 Å². The zero-order valence-electron chi connectivity index (χ0n) is 14.8. The molecule has 6 heteroatoms. The number of methoxy groups -OCH3 is 1. The van der Waals surface area contributed by atoms with E-state index in [2.05, 4.69) is 15.6 Å². The Hall–Kier alpha value is -1.82. The first kappa shape index (κ1) is 19.2. The molecule has 0 unspecified atom stereocenters. The van der Waals surface area contributed by atoms with Crippen LogP contribution in [0.2, 0.25) is 0 Å². The summed E-state index contributed by atoms with van der Waals surface area (Å²) in [6, 6.07) is 6.81. The molecule has 0 aromatic heterocycles. The lowest BCUT2D eigenvalue weighted by Crippen LogP contribution is -2.45. The Morgan fingerprint density at radius 3 is 2.61 bits per heavy atom. The summed E-state index contributed by atoms with van der Waals surface area (Å²) < 4.78 is 19.0. The molecule has 1 aromatic carbocycles. The Morgan fingerprint density at radius 1 is 1.30 bits per heavy atom. The minimum Gasteiger partial charge on any atom is -0.377 e. The average molecular weight is 324 g/mol. The molecule has 130 valence electrons. The molecule has 0 aliphatic carbocycles. The molecule has 23 heavy (non-hydrogen) atoms. The molecule has 0 radical (unpaired) electrons. The summed E-state index contributed by atoms with van der Waals surface area (Å²) in [5.74, 6) is 0.547. The fraction of sp³-hybridized carbons (Fsp3) is 0.588. The molecule has 0 atom stereocenters. The molecule has 0 saturated carbocycles. The standard InChI is InChI=1S/C17H29FN4O/c1-17(2,23-5)13-21-16(19-3)20-11-8-12-22(4)15-10-7-6-9-14(15)18/h6-7,9-10H,8,11-13H2,1-5H3,(H2,19,20,21). The number of guanidine groups is 1. The van der Waals surface area contributed by atoms with Crippen molar-refractivity contribution in [2.75, 3.05) is 45.7 Å². The number of nitrogens with zero attached hydrogens (tertiary/aromatic N) is 2. The Bertz CT molecular complexity index is 505. The number of ether oxygens (including phenoxy) is 1. The third kappa shape index (κ3) is 6.86. The van der Waals surface area contributed by atoms with Crippen LogP contribution < -0.4 is 15.5 Å². The molecular weight excluding hydrogens is 295 g/mol. The minimum absolute atomic E-state index is 0.192. The Kier molecular flexibility index (Phi) is 7.81. The molecule has 2 N–H and O–H groups in total. The lowest BCUT2D eigenvalue weighted by molar-refractivity contribution is 0.0268. The molecule has 0 aliphatic rings. The van der Waals surface area contributed by atoms with Gasteiger partial charge in [-0.25, -0.2) is 4.39 Å². The Labute approximate surface area is 138 Å². The number of hydrogen-bond acceptors (Lipinski definition) is 3. The smallest absolute Gasteiger partial charge is 0.191 e. The summed E-state index contributed by atoms with van der Waals surface area (Å²) >= 11 is 0. The first-order valence-electron chi connectivity index (χ1n) is 7.85. The summed E-state index contributed by atoms with van der Waals surface area (Å²) in [6.45, 7) is 6.20. The zero-order valence-corrected chi connectivity index (χ0v) is 14.8. The van der Waals surface area contributed by atoms with Gasteiger partial charge in [-0.05, 0) is 32.4 Å². The highest BCUT2D eigenvalue weighted by molar-refractivity contribution is 5.79. The maximum Gasteiger partial charge on any atom is 0.191 e. The van der Waals surface area contributed by atoms with Crippen molar-refractivity contribution in [3.05, 3.63) is 30.1 Å². The van der Waals surface area contributed by atoms with Crippen molar-refractivity contribution >= 4 is 11.6 Å². The molecule has 5 nitrogen and oxygen atoms in total. The highest BCUT2D eigenvalue weighted by Crippen LogP contribution is 2.16. The van der Waals surface area contributed by atoms with Gasteiger partial charge in [-0.15, -0.1) is 0 Å². The normalized spacial score (nSPS) is 12.2. The molecule has 0 bridgehead atoms. The number of anilines is 1. The fourth-order valence-corrected chi connectivity index (χ4v) is 1.99. The maximum atomic E-state index is 13.7. The number of hydrogen-bond donors (Lipinski definition) is 2. The summed E-state index contributed by atoms with van der Waals surface area (Å²) in [7, 11) is 5.32. The van der Waals surface area contributed by atoms with Crippen LogP contribution in [0.3, 0.4) is 0 Å². The van der Waals surface area contributed by atoms with Crippen LogP contribution in [0.4, 0.5) is 10.1 Å². The summed E-state index contributed by atoms with van der Waals surface area (Å²) in [5, 5.41) is 6.48. The second-order valence-corrected chi connectivity index (χ2v) is 6.04. The highest BCUT2D eigenvalue weighted by atomic mass is 19.1. The number of rotatable bonds is 8. The third-order valence-corrected chi connectivity index (χ3v) is 3.68. The second-order valence-electron chi connectivity index (χ2n) is 6.04. The zero-order chi connectivity index (χ0) is 17.3. The lowest BCUT2D eigenvalue weighted by Gasteiger charge is -2.24. The van der Waals surface area contributed by atoms with Crippen LogP contribution >= 0.6 is 0 Å². The van der Waals surface area contributed by atoms with Crippen molar-refractivity contribution < 1.29 is 9.13 Å². The van der Waals surface area contributed by atoms with Crippen LogP contribution in [0.1, 0.15) is 20.3 Å². The van der Waals surface area contributed by atoms with Crippen molar-refractivity contribution in [1.82, 2.24) is 10.6 Å². The average Bonchev–Trinajstić information content (AvgIpc) is 2.54. The van der Waals surface area contributed by atoms with Gasteiger partial charge in [-0.3, -0.25) is 4.99 Å². The number of halogens is 1. The van der Waals surface area contributed by atoms with Gasteiger partial charge >= 0.3 is 0 Å². The van der Waals surface area contributed by atoms with E-state index in [4.69, 9.17) is 4.74 Å². The van der Waals surface area contributed by atoms with Gasteiger partial charge in [-0.2, -0.15) is 0 Å². The van der Waals surface area contributed by atoms with Crippen LogP contribution in [0.15, 0.2) is 29.3 Å². The van der Waals surface area contributed by atoms with Gasteiger partial charge < -0.3 is 20.3 Å². The summed E-state index contributed by atoms with van der Waals surface area (Å²) in [4.78, 5) is 6.10. The largest absolute Gasteiger partial charge is 0.377 e. The monoisotopic (exact) mass is 324 g/mol. The number of benzene rings is 1. The molecular formula is C17H29FN4O. The van der Waals surface area contributed by atoms with Gasteiger partial charge in [0.1, 0.15) is 5.82 Å². The molecule has 0 amide bonds. The maximum absolute atomic E-state index is 13.7. The summed E-state index contributed by atoms with van der Waals surface area (Å²) in [6.07, 6.45) is 0.874. The predicted molar refractivity (Wildman–Crippen MR) is 94.7 cm³/mol. The van der Waals surface area contributed by atoms with Crippen LogP contribution in [0.25, 0.3) is 0 Å². The van der Waals surface area contributed by atoms with E-state index >= 15 is 0 Å². The third-order valence-electron chi connectivity index (χ3n) is 3.68. The molecule has 0 saturated heterocycles. The molecule has 0 aliphatic heterocycles. The van der Waals surface area contributed by atoms with Crippen molar-refractivity contribution in [3.8, 4) is 0 Å². The van der Waals surface area contributed by atoms with Crippen molar-refractivity contribution in [2.24, 2.45) is 4.99 Å². The first-order chi connectivity index (χ1) is 10.9. The topological polar surface area (TPSA) is 48.9 Å². The SMILES string of the molecule is CN=C(NCCCN(C)c1ccccc1F)NCC(C)(C)OC. The molecule has 1 aromatic rings. The molecule has 0 heterocycles. The van der Waals surface area contributed by atoms with Crippen LogP contribution in [-0.2, 0) is 4.74 Å². The van der Waals surface area contributed by atoms with Gasteiger partial charge in [-0.1, -0.05) is 12.1 Å². The lowest BCUT2D eigenvalue weighted by atomic mass is 10.1. The van der Waals surface area contributed by atoms with E-state index < -0.39 is 0 Å². The van der Waals surface area contributed by atoms with E-state index in [9.17, 15) is 4.39 Å². The fourth-order valence-electron chi connectivity index (χ4n) is 1.99. The minimum atomic E-state index is -0.247. The van der Waals surface area contributed by atoms with Gasteiger partial charge in [0, 0.05) is 40.8 Å². The Morgan fingerprint density at radius 2 is 2.00 bits per heavy atom. The number of aliphatic imine (C=N–C) groups is 1. The van der Waals surface area contributed by atoms with Crippen molar-refractivity contribution in [2.45, 2.75) is 25.9 Å². The molecule has 1 rings (SSSR count). The second kappa shape index (κ2) is 9.35. The van der Waals surface area contributed by atoms with E-state index in [1.54, 1.807) is 26.3 Å². The van der Waals surface area contributed by atoms with Crippen molar-refractivity contribution in [1.29, 1.82) is 0 Å². The van der Waals surface area contributed by atoms with Crippen LogP contribution in [0.5, 0.6) is 0 Å². The predicted octanol–water partition coefficient (Wildman–Crippen LogP) is 2.24. The van der Waals surface area contributed by atoms with Crippen LogP contribution in [-0.4, -0.2) is 52.4 Å². The van der Waals surface area contributed by atoms with Gasteiger partial charge in [0.2, 0.25) is 0 Å². The van der Waals surface area contributed by atoms with Gasteiger partial charge in [0.15, 0.2) is 5.96 Å². The number of nitrogens with one attached hydrogen (secondary N) is 2. The van der Waals surface area contributed by atoms with Gasteiger partial charge in [0.25, 0.3) is 0 Å². The molecule has 0 fully saturated rings. The Balaban J connectivity index is 2.31.